The predicted molar refractivity (Wildman–Crippen MR) is 79.3 cm³/mol. The first-order valence-corrected chi connectivity index (χ1v) is 6.69. The van der Waals surface area contributed by atoms with Crippen molar-refractivity contribution in [2.75, 3.05) is 11.9 Å². The highest BCUT2D eigenvalue weighted by Gasteiger charge is 2.11. The molecule has 0 amide bonds. The zero-order chi connectivity index (χ0) is 14.5. The first kappa shape index (κ1) is 14.3. The van der Waals surface area contributed by atoms with E-state index in [4.69, 9.17) is 4.74 Å². The zero-order valence-electron chi connectivity index (χ0n) is 10.7. The summed E-state index contributed by atoms with van der Waals surface area (Å²) in [6.45, 7) is 2.58. The van der Waals surface area contributed by atoms with Gasteiger partial charge in [0.2, 0.25) is 0 Å². The molecule has 6 nitrogen and oxygen atoms in total. The molecule has 0 bridgehead atoms. The number of aromatic nitrogens is 1. The molecular weight excluding hydrogens is 326 g/mol. The van der Waals surface area contributed by atoms with E-state index in [1.807, 2.05) is 6.92 Å². The Morgan fingerprint density at radius 1 is 1.30 bits per heavy atom. The van der Waals surface area contributed by atoms with E-state index in [-0.39, 0.29) is 5.69 Å². The third-order valence-corrected chi connectivity index (χ3v) is 2.83. The molecule has 0 aliphatic rings. The van der Waals surface area contributed by atoms with Crippen molar-refractivity contribution in [3.05, 3.63) is 51.2 Å². The van der Waals surface area contributed by atoms with Gasteiger partial charge in [-0.15, -0.1) is 0 Å². The van der Waals surface area contributed by atoms with Gasteiger partial charge >= 0.3 is 0 Å². The number of nitrogens with zero attached hydrogens (tertiary/aromatic N) is 2. The van der Waals surface area contributed by atoms with Crippen molar-refractivity contribution in [2.45, 2.75) is 6.92 Å². The van der Waals surface area contributed by atoms with Crippen LogP contribution in [0.25, 0.3) is 0 Å². The van der Waals surface area contributed by atoms with Gasteiger partial charge in [-0.05, 0) is 28.9 Å². The van der Waals surface area contributed by atoms with Crippen LogP contribution in [0.5, 0.6) is 11.5 Å². The fourth-order valence-corrected chi connectivity index (χ4v) is 1.98. The predicted octanol–water partition coefficient (Wildman–Crippen LogP) is 3.98. The summed E-state index contributed by atoms with van der Waals surface area (Å²) in [5.41, 5.74) is 0.612. The summed E-state index contributed by atoms with van der Waals surface area (Å²) in [4.78, 5) is 14.4. The molecule has 0 atom stereocenters. The van der Waals surface area contributed by atoms with Crippen LogP contribution in [-0.2, 0) is 0 Å². The summed E-state index contributed by atoms with van der Waals surface area (Å²) in [7, 11) is 0. The Hall–Kier alpha value is -2.15. The highest BCUT2D eigenvalue weighted by molar-refractivity contribution is 9.10. The van der Waals surface area contributed by atoms with Gasteiger partial charge < -0.3 is 10.1 Å². The molecular formula is C13H12BrN3O3. The lowest BCUT2D eigenvalue weighted by Gasteiger charge is -2.08. The van der Waals surface area contributed by atoms with Gasteiger partial charge in [-0.1, -0.05) is 0 Å². The SMILES string of the molecule is CCNc1cc(Oc2cncc(Br)c2)cc([N+](=O)[O-])c1. The number of anilines is 1. The van der Waals surface area contributed by atoms with Crippen LogP contribution in [0.4, 0.5) is 11.4 Å². The largest absolute Gasteiger partial charge is 0.455 e. The third-order valence-electron chi connectivity index (χ3n) is 2.40. The monoisotopic (exact) mass is 337 g/mol. The summed E-state index contributed by atoms with van der Waals surface area (Å²) in [6, 6.07) is 6.29. The maximum Gasteiger partial charge on any atom is 0.275 e. The number of nitro benzene ring substituents is 1. The van der Waals surface area contributed by atoms with Crippen molar-refractivity contribution in [1.82, 2.24) is 4.98 Å². The van der Waals surface area contributed by atoms with Gasteiger partial charge in [-0.3, -0.25) is 15.1 Å². The van der Waals surface area contributed by atoms with E-state index in [0.29, 0.717) is 23.7 Å². The van der Waals surface area contributed by atoms with Crippen molar-refractivity contribution in [1.29, 1.82) is 0 Å². The molecule has 2 rings (SSSR count). The van der Waals surface area contributed by atoms with E-state index in [0.717, 1.165) is 4.47 Å². The number of pyridine rings is 1. The summed E-state index contributed by atoms with van der Waals surface area (Å²) >= 11 is 3.29. The minimum Gasteiger partial charge on any atom is -0.455 e. The molecule has 1 heterocycles. The molecule has 0 saturated carbocycles. The van der Waals surface area contributed by atoms with Crippen molar-refractivity contribution >= 4 is 27.3 Å². The number of hydrogen-bond acceptors (Lipinski definition) is 5. The summed E-state index contributed by atoms with van der Waals surface area (Å²) in [5.74, 6) is 0.886. The van der Waals surface area contributed by atoms with E-state index < -0.39 is 4.92 Å². The Balaban J connectivity index is 2.32. The maximum atomic E-state index is 10.9. The standard InChI is InChI=1S/C13H12BrN3O3/c1-2-16-10-4-11(17(18)19)6-12(5-10)20-13-3-9(14)7-15-8-13/h3-8,16H,2H2,1H3. The zero-order valence-corrected chi connectivity index (χ0v) is 12.3. The lowest BCUT2D eigenvalue weighted by Crippen LogP contribution is -1.98. The van der Waals surface area contributed by atoms with Gasteiger partial charge in [0, 0.05) is 35.0 Å². The number of hydrogen-bond donors (Lipinski definition) is 1. The minimum atomic E-state index is -0.452. The highest BCUT2D eigenvalue weighted by Crippen LogP contribution is 2.30. The highest BCUT2D eigenvalue weighted by atomic mass is 79.9. The van der Waals surface area contributed by atoms with Gasteiger partial charge in [0.15, 0.2) is 0 Å². The Morgan fingerprint density at radius 3 is 2.75 bits per heavy atom. The van der Waals surface area contributed by atoms with Gasteiger partial charge in [-0.2, -0.15) is 0 Å². The molecule has 1 N–H and O–H groups in total. The molecule has 0 aliphatic heterocycles. The molecule has 0 radical (unpaired) electrons. The van der Waals surface area contributed by atoms with Crippen LogP contribution in [-0.4, -0.2) is 16.5 Å². The van der Waals surface area contributed by atoms with Crippen LogP contribution in [0.2, 0.25) is 0 Å². The van der Waals surface area contributed by atoms with Gasteiger partial charge in [-0.25, -0.2) is 0 Å². The van der Waals surface area contributed by atoms with Crippen LogP contribution < -0.4 is 10.1 Å². The molecule has 104 valence electrons. The second-order valence-electron chi connectivity index (χ2n) is 3.94. The van der Waals surface area contributed by atoms with E-state index >= 15 is 0 Å². The van der Waals surface area contributed by atoms with Crippen LogP contribution in [0.1, 0.15) is 6.92 Å². The molecule has 1 aromatic heterocycles. The lowest BCUT2D eigenvalue weighted by atomic mass is 10.2. The smallest absolute Gasteiger partial charge is 0.275 e. The first-order chi connectivity index (χ1) is 9.58. The van der Waals surface area contributed by atoms with Crippen molar-refractivity contribution in [2.24, 2.45) is 0 Å². The lowest BCUT2D eigenvalue weighted by molar-refractivity contribution is -0.384. The van der Waals surface area contributed by atoms with Gasteiger partial charge in [0.1, 0.15) is 11.5 Å². The summed E-state index contributed by atoms with van der Waals surface area (Å²) in [6.07, 6.45) is 3.17. The number of halogens is 1. The number of rotatable bonds is 5. The number of nitrogens with one attached hydrogen (secondary N) is 1. The fourth-order valence-electron chi connectivity index (χ4n) is 1.64. The fraction of sp³-hybridized carbons (Fsp3) is 0.154. The molecule has 0 saturated heterocycles. The van der Waals surface area contributed by atoms with Crippen LogP contribution in [0.3, 0.4) is 0 Å². The molecule has 20 heavy (non-hydrogen) atoms. The third kappa shape index (κ3) is 3.67. The van der Waals surface area contributed by atoms with E-state index in [1.54, 1.807) is 18.3 Å². The first-order valence-electron chi connectivity index (χ1n) is 5.90. The number of non-ortho nitro benzene ring substituents is 1. The second kappa shape index (κ2) is 6.33. The number of ether oxygens (including phenoxy) is 1. The number of nitro groups is 1. The molecule has 7 heteroatoms. The topological polar surface area (TPSA) is 77.3 Å². The Morgan fingerprint density at radius 2 is 2.10 bits per heavy atom. The van der Waals surface area contributed by atoms with E-state index in [9.17, 15) is 10.1 Å². The van der Waals surface area contributed by atoms with Crippen molar-refractivity contribution in [3.63, 3.8) is 0 Å². The minimum absolute atomic E-state index is 0.0265. The molecule has 0 aliphatic carbocycles. The average molecular weight is 338 g/mol. The molecule has 2 aromatic rings. The molecule has 0 unspecified atom stereocenters. The van der Waals surface area contributed by atoms with Crippen molar-refractivity contribution < 1.29 is 9.66 Å². The Kier molecular flexibility index (Phi) is 4.52. The Labute approximate surface area is 124 Å². The maximum absolute atomic E-state index is 10.9. The van der Waals surface area contributed by atoms with E-state index in [2.05, 4.69) is 26.2 Å². The van der Waals surface area contributed by atoms with Crippen LogP contribution in [0, 0.1) is 10.1 Å². The van der Waals surface area contributed by atoms with Gasteiger partial charge in [0.05, 0.1) is 17.2 Å². The van der Waals surface area contributed by atoms with E-state index in [1.165, 1.54) is 18.3 Å². The normalized spacial score (nSPS) is 10.1. The summed E-state index contributed by atoms with van der Waals surface area (Å²) < 4.78 is 6.37. The Bertz CT molecular complexity index is 634. The molecule has 0 fully saturated rings. The van der Waals surface area contributed by atoms with Gasteiger partial charge in [0.25, 0.3) is 5.69 Å². The molecule has 1 aromatic carbocycles. The average Bonchev–Trinajstić information content (AvgIpc) is 2.38. The second-order valence-corrected chi connectivity index (χ2v) is 4.86. The summed E-state index contributed by atoms with van der Waals surface area (Å²) in [5, 5.41) is 13.9. The van der Waals surface area contributed by atoms with Crippen molar-refractivity contribution in [3.8, 4) is 11.5 Å². The number of benzene rings is 1. The van der Waals surface area contributed by atoms with Crippen LogP contribution in [0.15, 0.2) is 41.1 Å². The molecule has 0 spiro atoms. The quantitative estimate of drug-likeness (QED) is 0.659. The van der Waals surface area contributed by atoms with Crippen LogP contribution >= 0.6 is 15.9 Å².